The largest absolute Gasteiger partial charge is 0.380 e. The highest BCUT2D eigenvalue weighted by Crippen LogP contribution is 2.27. The van der Waals surface area contributed by atoms with Crippen LogP contribution in [0.15, 0.2) is 18.2 Å². The van der Waals surface area contributed by atoms with Crippen molar-refractivity contribution in [2.75, 3.05) is 31.2 Å². The quantitative estimate of drug-likeness (QED) is 0.785. The van der Waals surface area contributed by atoms with E-state index in [1.807, 2.05) is 0 Å². The van der Waals surface area contributed by atoms with Gasteiger partial charge in [0.1, 0.15) is 0 Å². The highest BCUT2D eigenvalue weighted by molar-refractivity contribution is 5.56. The normalized spacial score (nSPS) is 14.7. The molecule has 18 heavy (non-hydrogen) atoms. The lowest BCUT2D eigenvalue weighted by Gasteiger charge is -2.31. The maximum absolute atomic E-state index is 5.70. The lowest BCUT2D eigenvalue weighted by Crippen LogP contribution is -2.32. The molecule has 0 fully saturated rings. The number of nitrogens with zero attached hydrogens (tertiary/aromatic N) is 1. The van der Waals surface area contributed by atoms with E-state index in [1.54, 1.807) is 0 Å². The van der Waals surface area contributed by atoms with Gasteiger partial charge in [0.2, 0.25) is 0 Å². The summed E-state index contributed by atoms with van der Waals surface area (Å²) in [5, 5.41) is 0. The molecular weight excluding hydrogens is 224 g/mol. The van der Waals surface area contributed by atoms with E-state index in [0.717, 1.165) is 32.7 Å². The first-order valence-electron chi connectivity index (χ1n) is 6.99. The summed E-state index contributed by atoms with van der Waals surface area (Å²) in [7, 11) is 0. The van der Waals surface area contributed by atoms with Crippen LogP contribution in [0.25, 0.3) is 0 Å². The van der Waals surface area contributed by atoms with E-state index in [0.29, 0.717) is 6.54 Å². The number of anilines is 1. The molecule has 0 amide bonds. The van der Waals surface area contributed by atoms with Crippen LogP contribution in [0.1, 0.15) is 30.9 Å². The van der Waals surface area contributed by atoms with Gasteiger partial charge < -0.3 is 15.4 Å². The summed E-state index contributed by atoms with van der Waals surface area (Å²) >= 11 is 0. The van der Waals surface area contributed by atoms with Gasteiger partial charge in [-0.2, -0.15) is 0 Å². The smallest absolute Gasteiger partial charge is 0.0641 e. The fourth-order valence-electron chi connectivity index (χ4n) is 2.51. The third kappa shape index (κ3) is 3.24. The average Bonchev–Trinajstić information content (AvgIpc) is 2.43. The second kappa shape index (κ2) is 6.76. The van der Waals surface area contributed by atoms with Gasteiger partial charge in [0.25, 0.3) is 0 Å². The summed E-state index contributed by atoms with van der Waals surface area (Å²) < 4.78 is 5.58. The van der Waals surface area contributed by atoms with Gasteiger partial charge in [0.15, 0.2) is 0 Å². The Morgan fingerprint density at radius 3 is 3.00 bits per heavy atom. The number of hydrogen-bond acceptors (Lipinski definition) is 3. The van der Waals surface area contributed by atoms with E-state index >= 15 is 0 Å². The van der Waals surface area contributed by atoms with Crippen molar-refractivity contribution in [3.63, 3.8) is 0 Å². The minimum Gasteiger partial charge on any atom is -0.380 e. The number of ether oxygens (including phenoxy) is 1. The SMILES string of the molecule is CCCOCCN1CCCc2cc(CN)ccc21. The zero-order valence-corrected chi connectivity index (χ0v) is 11.3. The van der Waals surface area contributed by atoms with Crippen LogP contribution in [0.4, 0.5) is 5.69 Å². The molecule has 0 unspecified atom stereocenters. The highest BCUT2D eigenvalue weighted by atomic mass is 16.5. The van der Waals surface area contributed by atoms with Crippen molar-refractivity contribution in [3.8, 4) is 0 Å². The molecule has 0 saturated carbocycles. The molecule has 0 atom stereocenters. The first-order valence-corrected chi connectivity index (χ1v) is 6.99. The number of benzene rings is 1. The third-order valence-electron chi connectivity index (χ3n) is 3.45. The van der Waals surface area contributed by atoms with Crippen LogP contribution in [0.3, 0.4) is 0 Å². The van der Waals surface area contributed by atoms with Crippen LogP contribution < -0.4 is 10.6 Å². The monoisotopic (exact) mass is 248 g/mol. The second-order valence-electron chi connectivity index (χ2n) is 4.87. The summed E-state index contributed by atoms with van der Waals surface area (Å²) in [6.07, 6.45) is 3.50. The maximum atomic E-state index is 5.70. The van der Waals surface area contributed by atoms with Crippen molar-refractivity contribution in [2.45, 2.75) is 32.7 Å². The van der Waals surface area contributed by atoms with Crippen molar-refractivity contribution in [3.05, 3.63) is 29.3 Å². The Hall–Kier alpha value is -1.06. The summed E-state index contributed by atoms with van der Waals surface area (Å²) in [4.78, 5) is 2.44. The molecule has 0 spiro atoms. The Morgan fingerprint density at radius 2 is 2.22 bits per heavy atom. The molecule has 0 bridgehead atoms. The van der Waals surface area contributed by atoms with Crippen LogP contribution in [-0.2, 0) is 17.7 Å². The first kappa shape index (κ1) is 13.4. The molecule has 3 nitrogen and oxygen atoms in total. The van der Waals surface area contributed by atoms with Crippen LogP contribution >= 0.6 is 0 Å². The minimum absolute atomic E-state index is 0.632. The molecule has 0 aromatic heterocycles. The number of nitrogens with two attached hydrogens (primary N) is 1. The van der Waals surface area contributed by atoms with Gasteiger partial charge in [-0.1, -0.05) is 19.1 Å². The average molecular weight is 248 g/mol. The predicted molar refractivity (Wildman–Crippen MR) is 76.0 cm³/mol. The predicted octanol–water partition coefficient (Wildman–Crippen LogP) is 2.32. The van der Waals surface area contributed by atoms with Crippen LogP contribution in [0, 0.1) is 0 Å². The summed E-state index contributed by atoms with van der Waals surface area (Å²) in [5.74, 6) is 0. The van der Waals surface area contributed by atoms with Crippen molar-refractivity contribution in [1.29, 1.82) is 0 Å². The molecule has 0 aliphatic carbocycles. The number of fused-ring (bicyclic) bond motifs is 1. The second-order valence-corrected chi connectivity index (χ2v) is 4.87. The third-order valence-corrected chi connectivity index (χ3v) is 3.45. The van der Waals surface area contributed by atoms with Crippen LogP contribution in [0.2, 0.25) is 0 Å². The fourth-order valence-corrected chi connectivity index (χ4v) is 2.51. The maximum Gasteiger partial charge on any atom is 0.0641 e. The minimum atomic E-state index is 0.632. The lowest BCUT2D eigenvalue weighted by molar-refractivity contribution is 0.140. The van der Waals surface area contributed by atoms with Crippen LogP contribution in [-0.4, -0.2) is 26.3 Å². The van der Waals surface area contributed by atoms with E-state index in [9.17, 15) is 0 Å². The van der Waals surface area contributed by atoms with Crippen molar-refractivity contribution in [1.82, 2.24) is 0 Å². The Labute approximate surface area is 110 Å². The van der Waals surface area contributed by atoms with Gasteiger partial charge in [-0.3, -0.25) is 0 Å². The molecule has 1 aliphatic rings. The van der Waals surface area contributed by atoms with Gasteiger partial charge in [-0.05, 0) is 36.5 Å². The molecule has 100 valence electrons. The van der Waals surface area contributed by atoms with Crippen molar-refractivity contribution in [2.24, 2.45) is 5.73 Å². The number of aryl methyl sites for hydroxylation is 1. The first-order chi connectivity index (χ1) is 8.85. The summed E-state index contributed by atoms with van der Waals surface area (Å²) in [6.45, 7) is 6.61. The van der Waals surface area contributed by atoms with Gasteiger partial charge in [0, 0.05) is 31.9 Å². The van der Waals surface area contributed by atoms with E-state index in [-0.39, 0.29) is 0 Å². The zero-order valence-electron chi connectivity index (χ0n) is 11.3. The Morgan fingerprint density at radius 1 is 1.33 bits per heavy atom. The Bertz CT molecular complexity index is 379. The van der Waals surface area contributed by atoms with Crippen LogP contribution in [0.5, 0.6) is 0 Å². The van der Waals surface area contributed by atoms with E-state index in [4.69, 9.17) is 10.5 Å². The van der Waals surface area contributed by atoms with E-state index in [2.05, 4.69) is 30.0 Å². The van der Waals surface area contributed by atoms with E-state index in [1.165, 1.54) is 29.7 Å². The molecule has 2 rings (SSSR count). The Balaban J connectivity index is 1.99. The molecule has 0 radical (unpaired) electrons. The Kier molecular flexibility index (Phi) is 5.02. The molecule has 2 N–H and O–H groups in total. The standard InChI is InChI=1S/C15H24N2O/c1-2-9-18-10-8-17-7-3-4-14-11-13(12-16)5-6-15(14)17/h5-6,11H,2-4,7-10,12,16H2,1H3. The fraction of sp³-hybridized carbons (Fsp3) is 0.600. The molecule has 1 aromatic rings. The van der Waals surface area contributed by atoms with Gasteiger partial charge >= 0.3 is 0 Å². The molecule has 1 aliphatic heterocycles. The van der Waals surface area contributed by atoms with E-state index < -0.39 is 0 Å². The van der Waals surface area contributed by atoms with Gasteiger partial charge in [0.05, 0.1) is 6.61 Å². The molecular formula is C15H24N2O. The van der Waals surface area contributed by atoms with Crippen molar-refractivity contribution < 1.29 is 4.74 Å². The number of hydrogen-bond donors (Lipinski definition) is 1. The molecule has 0 saturated heterocycles. The highest BCUT2D eigenvalue weighted by Gasteiger charge is 2.16. The zero-order chi connectivity index (χ0) is 12.8. The lowest BCUT2D eigenvalue weighted by atomic mass is 9.99. The topological polar surface area (TPSA) is 38.5 Å². The molecule has 1 heterocycles. The summed E-state index contributed by atoms with van der Waals surface area (Å²) in [5.41, 5.74) is 9.75. The van der Waals surface area contributed by atoms with Crippen molar-refractivity contribution >= 4 is 5.69 Å². The molecule has 1 aromatic carbocycles. The molecule has 3 heteroatoms. The van der Waals surface area contributed by atoms with Gasteiger partial charge in [-0.25, -0.2) is 0 Å². The summed E-state index contributed by atoms with van der Waals surface area (Å²) in [6, 6.07) is 6.62. The number of rotatable bonds is 6. The van der Waals surface area contributed by atoms with Gasteiger partial charge in [-0.15, -0.1) is 0 Å².